The van der Waals surface area contributed by atoms with Crippen molar-refractivity contribution in [1.29, 1.82) is 0 Å². The normalized spacial score (nSPS) is 11.5. The molecular formula is C10H11BrN4O4S2. The van der Waals surface area contributed by atoms with Crippen LogP contribution >= 0.6 is 27.3 Å². The highest BCUT2D eigenvalue weighted by atomic mass is 79.9. The fourth-order valence-corrected chi connectivity index (χ4v) is 4.94. The maximum absolute atomic E-state index is 12.2. The lowest BCUT2D eigenvalue weighted by Gasteiger charge is -2.04. The molecule has 114 valence electrons. The van der Waals surface area contributed by atoms with Crippen LogP contribution in [0, 0.1) is 0 Å². The van der Waals surface area contributed by atoms with E-state index in [9.17, 15) is 13.2 Å². The summed E-state index contributed by atoms with van der Waals surface area (Å²) in [5.41, 5.74) is 6.11. The third-order valence-corrected chi connectivity index (χ3v) is 6.17. The van der Waals surface area contributed by atoms with Crippen molar-refractivity contribution in [2.24, 2.45) is 0 Å². The summed E-state index contributed by atoms with van der Waals surface area (Å²) >= 11 is 4.11. The number of halogens is 1. The lowest BCUT2D eigenvalue weighted by atomic mass is 10.3. The molecule has 11 heteroatoms. The predicted octanol–water partition coefficient (Wildman–Crippen LogP) is 1.08. The Kier molecular flexibility index (Phi) is 4.66. The van der Waals surface area contributed by atoms with Gasteiger partial charge < -0.3 is 10.5 Å². The molecule has 0 atom stereocenters. The Hall–Kier alpha value is -1.43. The number of nitrogens with two attached hydrogens (primary N) is 1. The van der Waals surface area contributed by atoms with E-state index in [1.807, 2.05) is 0 Å². The zero-order valence-corrected chi connectivity index (χ0v) is 13.9. The Balaban J connectivity index is 2.22. The summed E-state index contributed by atoms with van der Waals surface area (Å²) in [6.45, 7) is -0.0134. The number of nitrogens with zero attached hydrogens (tertiary/aromatic N) is 1. The van der Waals surface area contributed by atoms with E-state index in [1.54, 1.807) is 0 Å². The number of thiophene rings is 1. The molecule has 21 heavy (non-hydrogen) atoms. The first-order valence-electron chi connectivity index (χ1n) is 5.50. The molecule has 0 radical (unpaired) electrons. The van der Waals surface area contributed by atoms with Crippen LogP contribution in [0.5, 0.6) is 0 Å². The summed E-state index contributed by atoms with van der Waals surface area (Å²) in [5.74, 6) is -0.307. The van der Waals surface area contributed by atoms with Crippen molar-refractivity contribution >= 4 is 49.1 Å². The molecule has 0 saturated heterocycles. The minimum Gasteiger partial charge on any atom is -0.465 e. The van der Waals surface area contributed by atoms with Crippen molar-refractivity contribution in [3.05, 3.63) is 26.5 Å². The minimum atomic E-state index is -3.80. The van der Waals surface area contributed by atoms with Crippen LogP contribution in [0.2, 0.25) is 0 Å². The van der Waals surface area contributed by atoms with Crippen molar-refractivity contribution in [3.8, 4) is 0 Å². The average Bonchev–Trinajstić information content (AvgIpc) is 3.02. The van der Waals surface area contributed by atoms with Gasteiger partial charge in [0.25, 0.3) is 0 Å². The first-order chi connectivity index (χ1) is 9.85. The summed E-state index contributed by atoms with van der Waals surface area (Å²) in [7, 11) is -2.57. The number of nitrogen functional groups attached to an aromatic ring is 1. The Morgan fingerprint density at radius 1 is 1.62 bits per heavy atom. The molecule has 0 bridgehead atoms. The molecule has 0 unspecified atom stereocenters. The van der Waals surface area contributed by atoms with Crippen LogP contribution in [0.25, 0.3) is 0 Å². The number of hydrogen-bond donors (Lipinski definition) is 3. The van der Waals surface area contributed by atoms with Gasteiger partial charge in [0.2, 0.25) is 10.0 Å². The lowest BCUT2D eigenvalue weighted by Crippen LogP contribution is -2.23. The van der Waals surface area contributed by atoms with E-state index in [0.717, 1.165) is 11.3 Å². The second kappa shape index (κ2) is 6.13. The van der Waals surface area contributed by atoms with Gasteiger partial charge in [-0.15, -0.1) is 11.3 Å². The lowest BCUT2D eigenvalue weighted by molar-refractivity contribution is 0.0606. The molecular weight excluding hydrogens is 384 g/mol. The van der Waals surface area contributed by atoms with Crippen LogP contribution in [0.4, 0.5) is 5.82 Å². The van der Waals surface area contributed by atoms with Crippen molar-refractivity contribution in [2.45, 2.75) is 11.4 Å². The molecule has 0 saturated carbocycles. The van der Waals surface area contributed by atoms with E-state index in [4.69, 9.17) is 5.73 Å². The highest BCUT2D eigenvalue weighted by Gasteiger charge is 2.23. The largest absolute Gasteiger partial charge is 0.465 e. The number of carbonyl (C=O) groups excluding carboxylic acids is 1. The van der Waals surface area contributed by atoms with Gasteiger partial charge in [-0.3, -0.25) is 5.10 Å². The average molecular weight is 395 g/mol. The first-order valence-corrected chi connectivity index (χ1v) is 8.59. The quantitative estimate of drug-likeness (QED) is 0.651. The number of nitrogens with one attached hydrogen (secondary N) is 2. The Morgan fingerprint density at radius 2 is 2.33 bits per heavy atom. The number of ether oxygens (including phenoxy) is 1. The van der Waals surface area contributed by atoms with Crippen LogP contribution in [0.15, 0.2) is 20.9 Å². The molecule has 0 fully saturated rings. The number of esters is 1. The number of carbonyl (C=O) groups is 1. The minimum absolute atomic E-state index is 0.0134. The predicted molar refractivity (Wildman–Crippen MR) is 80.4 cm³/mol. The molecule has 0 spiro atoms. The van der Waals surface area contributed by atoms with E-state index >= 15 is 0 Å². The summed E-state index contributed by atoms with van der Waals surface area (Å²) in [5, 5.41) is 6.21. The highest BCUT2D eigenvalue weighted by Crippen LogP contribution is 2.32. The number of aromatic amines is 1. The molecule has 0 amide bonds. The van der Waals surface area contributed by atoms with Crippen LogP contribution in [0.3, 0.4) is 0 Å². The summed E-state index contributed by atoms with van der Waals surface area (Å²) < 4.78 is 31.7. The Labute approximate surface area is 132 Å². The van der Waals surface area contributed by atoms with Gasteiger partial charge in [-0.05, 0) is 22.0 Å². The van der Waals surface area contributed by atoms with Crippen molar-refractivity contribution in [2.75, 3.05) is 12.8 Å². The third kappa shape index (κ3) is 3.43. The fraction of sp³-hybridized carbons (Fsp3) is 0.200. The van der Waals surface area contributed by atoms with E-state index in [2.05, 4.69) is 35.6 Å². The zero-order valence-electron chi connectivity index (χ0n) is 10.7. The third-order valence-electron chi connectivity index (χ3n) is 2.54. The zero-order chi connectivity index (χ0) is 15.6. The molecule has 2 heterocycles. The second-order valence-corrected chi connectivity index (χ2v) is 7.98. The van der Waals surface area contributed by atoms with E-state index in [1.165, 1.54) is 19.4 Å². The molecule has 0 aromatic carbocycles. The Bertz CT molecular complexity index is 768. The second-order valence-electron chi connectivity index (χ2n) is 3.87. The van der Waals surface area contributed by atoms with E-state index in [0.29, 0.717) is 9.35 Å². The number of aromatic nitrogens is 2. The van der Waals surface area contributed by atoms with Crippen LogP contribution in [-0.2, 0) is 21.3 Å². The molecule has 2 rings (SSSR count). The van der Waals surface area contributed by atoms with Crippen molar-refractivity contribution in [1.82, 2.24) is 14.9 Å². The standard InChI is InChI=1S/C10H11BrN4O4S2/c1-19-10(16)6-2-7(8(11)20-6)21(17,18)14-4-5-3-13-15-9(5)12/h2-3,14H,4H2,1H3,(H3,12,13,15). The number of hydrogen-bond acceptors (Lipinski definition) is 7. The van der Waals surface area contributed by atoms with Gasteiger partial charge in [0, 0.05) is 12.1 Å². The topological polar surface area (TPSA) is 127 Å². The SMILES string of the molecule is COC(=O)c1cc(S(=O)(=O)NCc2cn[nH]c2N)c(Br)s1. The van der Waals surface area contributed by atoms with Gasteiger partial charge >= 0.3 is 5.97 Å². The number of sulfonamides is 1. The number of H-pyrrole nitrogens is 1. The maximum atomic E-state index is 12.2. The van der Waals surface area contributed by atoms with E-state index in [-0.39, 0.29) is 22.1 Å². The molecule has 4 N–H and O–H groups in total. The van der Waals surface area contributed by atoms with Crippen molar-refractivity contribution < 1.29 is 17.9 Å². The van der Waals surface area contributed by atoms with Crippen LogP contribution in [-0.4, -0.2) is 31.7 Å². The fourth-order valence-electron chi connectivity index (χ4n) is 1.45. The van der Waals surface area contributed by atoms with E-state index < -0.39 is 16.0 Å². The molecule has 2 aromatic rings. The molecule has 0 aliphatic heterocycles. The van der Waals surface area contributed by atoms with Gasteiger partial charge in [-0.1, -0.05) is 0 Å². The Morgan fingerprint density at radius 3 is 2.90 bits per heavy atom. The summed E-state index contributed by atoms with van der Waals surface area (Å²) in [4.78, 5) is 11.6. The summed E-state index contributed by atoms with van der Waals surface area (Å²) in [6.07, 6.45) is 1.43. The van der Waals surface area contributed by atoms with Crippen molar-refractivity contribution in [3.63, 3.8) is 0 Å². The van der Waals surface area contributed by atoms with Crippen LogP contribution < -0.4 is 10.5 Å². The van der Waals surface area contributed by atoms with Crippen LogP contribution in [0.1, 0.15) is 15.2 Å². The molecule has 0 aliphatic rings. The van der Waals surface area contributed by atoms with Gasteiger partial charge in [0.05, 0.1) is 17.1 Å². The van der Waals surface area contributed by atoms with Gasteiger partial charge in [-0.25, -0.2) is 17.9 Å². The van der Waals surface area contributed by atoms with Gasteiger partial charge in [0.1, 0.15) is 15.6 Å². The summed E-state index contributed by atoms with van der Waals surface area (Å²) in [6, 6.07) is 1.25. The molecule has 0 aliphatic carbocycles. The van der Waals surface area contributed by atoms with Gasteiger partial charge in [-0.2, -0.15) is 5.10 Å². The first kappa shape index (κ1) is 15.9. The highest BCUT2D eigenvalue weighted by molar-refractivity contribution is 9.11. The maximum Gasteiger partial charge on any atom is 0.348 e. The molecule has 2 aromatic heterocycles. The number of methoxy groups -OCH3 is 1. The van der Waals surface area contributed by atoms with Gasteiger partial charge in [0.15, 0.2) is 0 Å². The number of rotatable bonds is 5. The molecule has 8 nitrogen and oxygen atoms in total. The number of anilines is 1. The smallest absolute Gasteiger partial charge is 0.348 e. The monoisotopic (exact) mass is 394 g/mol.